The van der Waals surface area contributed by atoms with Gasteiger partial charge in [-0.3, -0.25) is 0 Å². The highest BCUT2D eigenvalue weighted by molar-refractivity contribution is 7.80. The van der Waals surface area contributed by atoms with Crippen molar-refractivity contribution < 1.29 is 0 Å². The van der Waals surface area contributed by atoms with Gasteiger partial charge < -0.3 is 0 Å². The van der Waals surface area contributed by atoms with Crippen LogP contribution in [0, 0.1) is 0 Å². The quantitative estimate of drug-likeness (QED) is 0.711. The maximum Gasteiger partial charge on any atom is 0.00404 e. The van der Waals surface area contributed by atoms with Crippen LogP contribution in [0.25, 0.3) is 11.1 Å². The van der Waals surface area contributed by atoms with Crippen molar-refractivity contribution in [3.8, 4) is 11.1 Å². The van der Waals surface area contributed by atoms with Gasteiger partial charge in [-0.2, -0.15) is 0 Å². The van der Waals surface area contributed by atoms with Crippen LogP contribution in [0.4, 0.5) is 0 Å². The van der Waals surface area contributed by atoms with Gasteiger partial charge in [0.2, 0.25) is 0 Å². The second-order valence-corrected chi connectivity index (χ2v) is 4.12. The minimum Gasteiger partial charge on any atom is -0.143 e. The third-order valence-corrected chi connectivity index (χ3v) is 2.83. The summed E-state index contributed by atoms with van der Waals surface area (Å²) in [5.74, 6) is 0. The molecule has 0 nitrogen and oxygen atoms in total. The van der Waals surface area contributed by atoms with Crippen molar-refractivity contribution in [2.75, 3.05) is 0 Å². The third-order valence-electron chi connectivity index (χ3n) is 2.54. The summed E-state index contributed by atoms with van der Waals surface area (Å²) in [6.45, 7) is 2.18. The average Bonchev–Trinajstić information content (AvgIpc) is 2.30. The monoisotopic (exact) mass is 214 g/mol. The van der Waals surface area contributed by atoms with E-state index in [0.29, 0.717) is 0 Å². The maximum atomic E-state index is 4.28. The van der Waals surface area contributed by atoms with Gasteiger partial charge >= 0.3 is 0 Å². The lowest BCUT2D eigenvalue weighted by Crippen LogP contribution is -1.82. The summed E-state index contributed by atoms with van der Waals surface area (Å²) in [6, 6.07) is 16.9. The Labute approximate surface area is 96.4 Å². The van der Waals surface area contributed by atoms with E-state index in [-0.39, 0.29) is 0 Å². The molecule has 15 heavy (non-hydrogen) atoms. The highest BCUT2D eigenvalue weighted by Crippen LogP contribution is 2.21. The van der Waals surface area contributed by atoms with Crippen LogP contribution in [0.2, 0.25) is 0 Å². The smallest absolute Gasteiger partial charge is 0.00404 e. The first-order chi connectivity index (χ1) is 7.29. The Bertz CT molecular complexity index is 443. The van der Waals surface area contributed by atoms with Gasteiger partial charge in [-0.1, -0.05) is 43.3 Å². The summed E-state index contributed by atoms with van der Waals surface area (Å²) in [5.41, 5.74) is 3.91. The summed E-state index contributed by atoms with van der Waals surface area (Å²) in [7, 11) is 0. The minimum atomic E-state index is 1.00. The first kappa shape index (κ1) is 10.3. The molecule has 2 rings (SSSR count). The number of rotatable bonds is 2. The normalized spacial score (nSPS) is 10.3. The number of benzene rings is 2. The van der Waals surface area contributed by atoms with E-state index in [0.717, 1.165) is 11.3 Å². The lowest BCUT2D eigenvalue weighted by atomic mass is 10.0. The summed E-state index contributed by atoms with van der Waals surface area (Å²) < 4.78 is 0. The molecule has 1 heteroatoms. The fourth-order valence-electron chi connectivity index (χ4n) is 1.62. The Morgan fingerprint density at radius 1 is 0.933 bits per heavy atom. The zero-order valence-electron chi connectivity index (χ0n) is 8.77. The largest absolute Gasteiger partial charge is 0.143 e. The van der Waals surface area contributed by atoms with E-state index in [1.807, 2.05) is 12.1 Å². The second kappa shape index (κ2) is 4.54. The predicted octanol–water partition coefficient (Wildman–Crippen LogP) is 4.20. The molecule has 0 radical (unpaired) electrons. The molecule has 0 N–H and O–H groups in total. The zero-order chi connectivity index (χ0) is 10.7. The Morgan fingerprint density at radius 2 is 1.67 bits per heavy atom. The molecular formula is C14H14S. The van der Waals surface area contributed by atoms with Crippen LogP contribution >= 0.6 is 12.6 Å². The number of aryl methyl sites for hydroxylation is 1. The van der Waals surface area contributed by atoms with E-state index in [2.05, 4.69) is 56.0 Å². The maximum absolute atomic E-state index is 4.28. The van der Waals surface area contributed by atoms with Crippen molar-refractivity contribution in [1.82, 2.24) is 0 Å². The van der Waals surface area contributed by atoms with Crippen molar-refractivity contribution in [2.24, 2.45) is 0 Å². The standard InChI is InChI=1S/C14H14S/c1-2-11-4-3-5-13(10-11)12-6-8-14(15)9-7-12/h3-10,15H,2H2,1H3. The third kappa shape index (κ3) is 2.42. The SMILES string of the molecule is CCc1cccc(-c2ccc(S)cc2)c1. The molecule has 0 fully saturated rings. The topological polar surface area (TPSA) is 0 Å². The van der Waals surface area contributed by atoms with Gasteiger partial charge in [0.15, 0.2) is 0 Å². The van der Waals surface area contributed by atoms with Crippen LogP contribution in [0.3, 0.4) is 0 Å². The molecule has 0 aliphatic heterocycles. The summed E-state index contributed by atoms with van der Waals surface area (Å²) in [6.07, 6.45) is 1.08. The van der Waals surface area contributed by atoms with Crippen LogP contribution in [-0.2, 0) is 6.42 Å². The van der Waals surface area contributed by atoms with Crippen LogP contribution in [-0.4, -0.2) is 0 Å². The molecule has 0 aliphatic carbocycles. The van der Waals surface area contributed by atoms with Crippen molar-refractivity contribution >= 4 is 12.6 Å². The van der Waals surface area contributed by atoms with E-state index in [1.54, 1.807) is 0 Å². The van der Waals surface area contributed by atoms with Crippen LogP contribution in [0.15, 0.2) is 53.4 Å². The van der Waals surface area contributed by atoms with Crippen molar-refractivity contribution in [1.29, 1.82) is 0 Å². The van der Waals surface area contributed by atoms with Gasteiger partial charge in [-0.25, -0.2) is 0 Å². The van der Waals surface area contributed by atoms with E-state index in [9.17, 15) is 0 Å². The molecule has 76 valence electrons. The fourth-order valence-corrected chi connectivity index (χ4v) is 1.77. The molecule has 0 heterocycles. The first-order valence-electron chi connectivity index (χ1n) is 5.18. The van der Waals surface area contributed by atoms with Gasteiger partial charge in [-0.05, 0) is 35.2 Å². The van der Waals surface area contributed by atoms with E-state index in [1.165, 1.54) is 16.7 Å². The molecule has 0 saturated heterocycles. The van der Waals surface area contributed by atoms with Gasteiger partial charge in [0.25, 0.3) is 0 Å². The summed E-state index contributed by atoms with van der Waals surface area (Å²) >= 11 is 4.28. The lowest BCUT2D eigenvalue weighted by Gasteiger charge is -2.04. The molecule has 0 unspecified atom stereocenters. The zero-order valence-corrected chi connectivity index (χ0v) is 9.67. The van der Waals surface area contributed by atoms with Crippen molar-refractivity contribution in [3.63, 3.8) is 0 Å². The Hall–Kier alpha value is -1.21. The summed E-state index contributed by atoms with van der Waals surface area (Å²) in [4.78, 5) is 1.00. The predicted molar refractivity (Wildman–Crippen MR) is 68.5 cm³/mol. The highest BCUT2D eigenvalue weighted by atomic mass is 32.1. The lowest BCUT2D eigenvalue weighted by molar-refractivity contribution is 1.14. The molecule has 0 aliphatic rings. The minimum absolute atomic E-state index is 1.00. The molecular weight excluding hydrogens is 200 g/mol. The van der Waals surface area contributed by atoms with Crippen molar-refractivity contribution in [3.05, 3.63) is 54.1 Å². The fraction of sp³-hybridized carbons (Fsp3) is 0.143. The molecule has 0 amide bonds. The Balaban J connectivity index is 2.40. The van der Waals surface area contributed by atoms with Gasteiger partial charge in [0, 0.05) is 4.90 Å². The van der Waals surface area contributed by atoms with E-state index in [4.69, 9.17) is 0 Å². The molecule has 0 bridgehead atoms. The van der Waals surface area contributed by atoms with Crippen molar-refractivity contribution in [2.45, 2.75) is 18.2 Å². The number of hydrogen-bond donors (Lipinski definition) is 1. The summed E-state index contributed by atoms with van der Waals surface area (Å²) in [5, 5.41) is 0. The molecule has 2 aromatic carbocycles. The molecule has 2 aromatic rings. The Kier molecular flexibility index (Phi) is 3.12. The number of hydrogen-bond acceptors (Lipinski definition) is 1. The second-order valence-electron chi connectivity index (χ2n) is 3.60. The van der Waals surface area contributed by atoms with Gasteiger partial charge in [0.1, 0.15) is 0 Å². The van der Waals surface area contributed by atoms with Gasteiger partial charge in [-0.15, -0.1) is 12.6 Å². The number of thiol groups is 1. The average molecular weight is 214 g/mol. The highest BCUT2D eigenvalue weighted by Gasteiger charge is 1.97. The van der Waals surface area contributed by atoms with Crippen LogP contribution < -0.4 is 0 Å². The molecule has 0 saturated carbocycles. The van der Waals surface area contributed by atoms with Crippen LogP contribution in [0.5, 0.6) is 0 Å². The molecule has 0 spiro atoms. The molecule has 0 aromatic heterocycles. The van der Waals surface area contributed by atoms with E-state index >= 15 is 0 Å². The first-order valence-corrected chi connectivity index (χ1v) is 5.62. The molecule has 0 atom stereocenters. The van der Waals surface area contributed by atoms with Crippen LogP contribution in [0.1, 0.15) is 12.5 Å². The Morgan fingerprint density at radius 3 is 2.33 bits per heavy atom. The van der Waals surface area contributed by atoms with Gasteiger partial charge in [0.05, 0.1) is 0 Å². The van der Waals surface area contributed by atoms with E-state index < -0.39 is 0 Å².